The number of rotatable bonds is 20. The molecule has 14 heteroatoms. The van der Waals surface area contributed by atoms with E-state index >= 15 is 0 Å². The molecule has 2 aliphatic carbocycles. The Labute approximate surface area is 496 Å². The lowest BCUT2D eigenvalue weighted by atomic mass is 9.99. The van der Waals surface area contributed by atoms with Crippen LogP contribution in [0.2, 0.25) is 0 Å². The van der Waals surface area contributed by atoms with Crippen LogP contribution in [0.3, 0.4) is 0 Å². The van der Waals surface area contributed by atoms with Crippen LogP contribution in [0.1, 0.15) is 71.7 Å². The van der Waals surface area contributed by atoms with Crippen LogP contribution in [-0.4, -0.2) is 23.5 Å². The van der Waals surface area contributed by atoms with Crippen molar-refractivity contribution >= 4 is 69.9 Å². The molecule has 2 fully saturated rings. The second kappa shape index (κ2) is 26.2. The first-order valence-corrected chi connectivity index (χ1v) is 27.8. The van der Waals surface area contributed by atoms with Gasteiger partial charge in [-0.3, -0.25) is 19.2 Å². The highest BCUT2D eigenvalue weighted by molar-refractivity contribution is 6.56. The molecule has 0 radical (unpaired) electrons. The van der Waals surface area contributed by atoms with Crippen molar-refractivity contribution in [3.63, 3.8) is 0 Å². The van der Waals surface area contributed by atoms with Gasteiger partial charge in [0.2, 0.25) is 11.6 Å². The van der Waals surface area contributed by atoms with Crippen LogP contribution >= 0.6 is 46.4 Å². The molecule has 8 aromatic carbocycles. The fourth-order valence-corrected chi connectivity index (χ4v) is 10.3. The number of allylic oxidation sites excluding steroid dienone is 2. The second-order valence-electron chi connectivity index (χ2n) is 20.8. The fraction of sp³-hybridized carbons (Fsp3) is 0.176. The third kappa shape index (κ3) is 14.9. The number of hydrogen-bond acceptors (Lipinski definition) is 10. The summed E-state index contributed by atoms with van der Waals surface area (Å²) in [7, 11) is 0. The van der Waals surface area contributed by atoms with Crippen molar-refractivity contribution in [3.8, 4) is 46.0 Å². The third-order valence-electron chi connectivity index (χ3n) is 14.4. The molecule has 6 atom stereocenters. The fourth-order valence-electron chi connectivity index (χ4n) is 9.78. The van der Waals surface area contributed by atoms with Gasteiger partial charge in [0.1, 0.15) is 55.0 Å². The maximum absolute atomic E-state index is 14.0. The summed E-state index contributed by atoms with van der Waals surface area (Å²) in [5.41, 5.74) is 0.795. The van der Waals surface area contributed by atoms with Crippen molar-refractivity contribution in [1.82, 2.24) is 0 Å². The molecular weight excluding hydrogens is 1120 g/mol. The molecule has 10 nitrogen and oxygen atoms in total. The van der Waals surface area contributed by atoms with Crippen LogP contribution in [0.5, 0.6) is 46.0 Å². The van der Waals surface area contributed by atoms with E-state index in [1.165, 1.54) is 0 Å². The second-order valence-corrected chi connectivity index (χ2v) is 22.8. The average Bonchev–Trinajstić information content (AvgIpc) is 4.42. The standard InChI is InChI=1S/2C34H28Cl2O5/c2*1-34(2)28(21-29(35)36)30(34)33(38)41-32(23-12-10-18-27(20-23)40-25-15-7-4-8-16-25)31(37)22-11-9-17-26(19-22)39-24-13-5-3-6-14-24/h2*3-21,28,30,32H,1-2H3/t2*28-,30+,32+/m10/s1. The van der Waals surface area contributed by atoms with Crippen LogP contribution in [0.25, 0.3) is 0 Å². The SMILES string of the molecule is CC1(C)[C@@H](C=C(Cl)Cl)[C@@H]1C(=O)O[C@@H](C(=O)c1cccc(Oc2ccccc2)c1)c1cccc(Oc2ccccc2)c1.CC1(C)[C@H](C=C(Cl)Cl)[C@H]1C(=O)O[C@H](C(=O)c1cccc(Oc2ccccc2)c1)c1cccc(Oc2ccccc2)c1. The number of halogens is 4. The molecule has 82 heavy (non-hydrogen) atoms. The van der Waals surface area contributed by atoms with Gasteiger partial charge in [0.25, 0.3) is 0 Å². The van der Waals surface area contributed by atoms with Crippen molar-refractivity contribution in [2.24, 2.45) is 34.5 Å². The Morgan fingerprint density at radius 1 is 0.366 bits per heavy atom. The summed E-state index contributed by atoms with van der Waals surface area (Å²) in [4.78, 5) is 54.9. The number of ketones is 2. The van der Waals surface area contributed by atoms with E-state index in [2.05, 4.69) is 0 Å². The maximum atomic E-state index is 14.0. The predicted octanol–water partition coefficient (Wildman–Crippen LogP) is 18.7. The van der Waals surface area contributed by atoms with E-state index in [-0.39, 0.29) is 20.8 Å². The molecule has 0 unspecified atom stereocenters. The number of hydrogen-bond donors (Lipinski definition) is 0. The van der Waals surface area contributed by atoms with E-state index in [1.54, 1.807) is 109 Å². The lowest BCUT2D eigenvalue weighted by molar-refractivity contribution is -0.150. The Morgan fingerprint density at radius 2 is 0.634 bits per heavy atom. The first-order chi connectivity index (χ1) is 39.4. The van der Waals surface area contributed by atoms with Crippen molar-refractivity contribution in [1.29, 1.82) is 0 Å². The molecule has 416 valence electrons. The summed E-state index contributed by atoms with van der Waals surface area (Å²) in [6.45, 7) is 7.75. The highest BCUT2D eigenvalue weighted by Crippen LogP contribution is 2.61. The van der Waals surface area contributed by atoms with Gasteiger partial charge in [-0.05, 0) is 132 Å². The normalized spacial score (nSPS) is 17.6. The molecular formula is C68H56Cl4O10. The first kappa shape index (κ1) is 58.5. The molecule has 10 rings (SSSR count). The minimum absolute atomic E-state index is 0.0898. The number of ether oxygens (including phenoxy) is 6. The van der Waals surface area contributed by atoms with Crippen molar-refractivity contribution < 1.29 is 47.6 Å². The number of esters is 2. The number of carbonyl (C=O) groups excluding carboxylic acids is 4. The van der Waals surface area contributed by atoms with Gasteiger partial charge in [-0.1, -0.05) is 195 Å². The summed E-state index contributed by atoms with van der Waals surface area (Å²) < 4.78 is 36.0. The summed E-state index contributed by atoms with van der Waals surface area (Å²) in [5.74, 6) is 1.34. The zero-order valence-electron chi connectivity index (χ0n) is 45.0. The Morgan fingerprint density at radius 3 is 0.927 bits per heavy atom. The van der Waals surface area contributed by atoms with Gasteiger partial charge in [-0.25, -0.2) is 0 Å². The van der Waals surface area contributed by atoms with Crippen molar-refractivity contribution in [2.75, 3.05) is 0 Å². The Hall–Kier alpha value is -8.12. The van der Waals surface area contributed by atoms with Gasteiger partial charge in [-0.2, -0.15) is 0 Å². The van der Waals surface area contributed by atoms with Gasteiger partial charge in [0.15, 0.2) is 12.2 Å². The molecule has 0 aliphatic heterocycles. The third-order valence-corrected chi connectivity index (χ3v) is 14.9. The summed E-state index contributed by atoms with van der Waals surface area (Å²) >= 11 is 23.6. The predicted molar refractivity (Wildman–Crippen MR) is 319 cm³/mol. The minimum Gasteiger partial charge on any atom is -0.457 e. The smallest absolute Gasteiger partial charge is 0.311 e. The zero-order valence-corrected chi connectivity index (χ0v) is 48.0. The molecule has 2 aliphatic rings. The monoisotopic (exact) mass is 1170 g/mol. The van der Waals surface area contributed by atoms with E-state index in [4.69, 9.17) is 74.8 Å². The highest BCUT2D eigenvalue weighted by Gasteiger charge is 2.63. The van der Waals surface area contributed by atoms with Crippen molar-refractivity contribution in [2.45, 2.75) is 39.9 Å². The zero-order chi connectivity index (χ0) is 58.0. The van der Waals surface area contributed by atoms with E-state index in [0.717, 1.165) is 0 Å². The van der Waals surface area contributed by atoms with Crippen LogP contribution in [0.15, 0.2) is 240 Å². The van der Waals surface area contributed by atoms with Crippen LogP contribution in [0.4, 0.5) is 0 Å². The Kier molecular flexibility index (Phi) is 18.7. The quantitative estimate of drug-likeness (QED) is 0.0538. The molecule has 0 bridgehead atoms. The number of para-hydroxylation sites is 4. The van der Waals surface area contributed by atoms with E-state index in [9.17, 15) is 19.2 Å². The van der Waals surface area contributed by atoms with Gasteiger partial charge >= 0.3 is 11.9 Å². The lowest BCUT2D eigenvalue weighted by Crippen LogP contribution is -2.22. The lowest BCUT2D eigenvalue weighted by Gasteiger charge is -2.19. The highest BCUT2D eigenvalue weighted by atomic mass is 35.5. The van der Waals surface area contributed by atoms with E-state index < -0.39 is 58.4 Å². The molecule has 0 spiro atoms. The Balaban J connectivity index is 0.000000198. The number of benzene rings is 8. The van der Waals surface area contributed by atoms with Gasteiger partial charge in [0, 0.05) is 22.3 Å². The molecule has 0 saturated heterocycles. The topological polar surface area (TPSA) is 124 Å². The van der Waals surface area contributed by atoms with Gasteiger partial charge in [-0.15, -0.1) is 0 Å². The Bertz CT molecular complexity index is 3360. The molecule has 0 N–H and O–H groups in total. The van der Waals surface area contributed by atoms with E-state index in [0.29, 0.717) is 68.2 Å². The van der Waals surface area contributed by atoms with Gasteiger partial charge < -0.3 is 28.4 Å². The van der Waals surface area contributed by atoms with Crippen LogP contribution < -0.4 is 18.9 Å². The van der Waals surface area contributed by atoms with Crippen molar-refractivity contribution in [3.05, 3.63) is 262 Å². The molecule has 0 amide bonds. The van der Waals surface area contributed by atoms with Gasteiger partial charge in [0.05, 0.1) is 11.8 Å². The molecule has 0 aromatic heterocycles. The van der Waals surface area contributed by atoms with Crippen LogP contribution in [-0.2, 0) is 19.1 Å². The van der Waals surface area contributed by atoms with E-state index in [1.807, 2.05) is 149 Å². The summed E-state index contributed by atoms with van der Waals surface area (Å²) in [5, 5.41) is 0. The molecule has 0 heterocycles. The largest absolute Gasteiger partial charge is 0.457 e. The average molecular weight is 1170 g/mol. The minimum atomic E-state index is -1.22. The molecule has 8 aromatic rings. The summed E-state index contributed by atoms with van der Waals surface area (Å²) in [6.07, 6.45) is 0.845. The number of Topliss-reactive ketones (excluding diaryl/α,β-unsaturated/α-hetero) is 2. The molecule has 2 saturated carbocycles. The maximum Gasteiger partial charge on any atom is 0.311 e. The summed E-state index contributed by atoms with van der Waals surface area (Å²) in [6, 6.07) is 64.7. The number of carbonyl (C=O) groups is 4. The first-order valence-electron chi connectivity index (χ1n) is 26.3. The van der Waals surface area contributed by atoms with Crippen LogP contribution in [0, 0.1) is 34.5 Å².